The van der Waals surface area contributed by atoms with Gasteiger partial charge in [0, 0.05) is 18.5 Å². The summed E-state index contributed by atoms with van der Waals surface area (Å²) in [6.07, 6.45) is 5.15. The van der Waals surface area contributed by atoms with Crippen LogP contribution in [0, 0.1) is 6.92 Å². The molecule has 1 N–H and O–H groups in total. The van der Waals surface area contributed by atoms with Crippen LogP contribution in [0.5, 0.6) is 0 Å². The van der Waals surface area contributed by atoms with Gasteiger partial charge in [-0.3, -0.25) is 0 Å². The van der Waals surface area contributed by atoms with E-state index in [-0.39, 0.29) is 0 Å². The Labute approximate surface area is 97.3 Å². The first kappa shape index (κ1) is 9.83. The highest BCUT2D eigenvalue weighted by Crippen LogP contribution is 2.15. The molecule has 0 saturated heterocycles. The van der Waals surface area contributed by atoms with Crippen molar-refractivity contribution in [2.24, 2.45) is 0 Å². The first-order valence-electron chi connectivity index (χ1n) is 5.27. The number of aryl methyl sites for hydroxylation is 1. The van der Waals surface area contributed by atoms with E-state index >= 15 is 0 Å². The lowest BCUT2D eigenvalue weighted by Gasteiger charge is -2.04. The molecule has 86 valence electrons. The zero-order valence-electron chi connectivity index (χ0n) is 9.29. The molecular weight excluding hydrogens is 218 g/mol. The van der Waals surface area contributed by atoms with E-state index in [1.165, 1.54) is 0 Å². The molecule has 3 heterocycles. The van der Waals surface area contributed by atoms with Gasteiger partial charge in [0.2, 0.25) is 0 Å². The van der Waals surface area contributed by atoms with Gasteiger partial charge in [-0.2, -0.15) is 5.10 Å². The Kier molecular flexibility index (Phi) is 2.25. The smallest absolute Gasteiger partial charge is 0.155 e. The number of rotatable bonds is 3. The molecule has 0 spiro atoms. The van der Waals surface area contributed by atoms with Crippen molar-refractivity contribution in [2.45, 2.75) is 13.5 Å². The first-order valence-corrected chi connectivity index (χ1v) is 5.27. The van der Waals surface area contributed by atoms with Gasteiger partial charge >= 0.3 is 0 Å². The second-order valence-electron chi connectivity index (χ2n) is 3.72. The number of anilines is 1. The summed E-state index contributed by atoms with van der Waals surface area (Å²) in [7, 11) is 0. The zero-order chi connectivity index (χ0) is 11.7. The quantitative estimate of drug-likeness (QED) is 0.739. The van der Waals surface area contributed by atoms with Crippen molar-refractivity contribution in [1.82, 2.24) is 19.8 Å². The second-order valence-corrected chi connectivity index (χ2v) is 3.72. The van der Waals surface area contributed by atoms with Crippen LogP contribution < -0.4 is 5.32 Å². The lowest BCUT2D eigenvalue weighted by Crippen LogP contribution is -2.02. The van der Waals surface area contributed by atoms with E-state index in [0.717, 1.165) is 22.8 Å². The molecule has 0 fully saturated rings. The van der Waals surface area contributed by atoms with Gasteiger partial charge in [-0.15, -0.1) is 0 Å². The van der Waals surface area contributed by atoms with Gasteiger partial charge < -0.3 is 9.84 Å². The van der Waals surface area contributed by atoms with E-state index in [2.05, 4.69) is 20.6 Å². The maximum absolute atomic E-state index is 5.01. The topological polar surface area (TPSA) is 68.2 Å². The van der Waals surface area contributed by atoms with Gasteiger partial charge in [0.05, 0.1) is 18.4 Å². The van der Waals surface area contributed by atoms with Gasteiger partial charge in [0.25, 0.3) is 0 Å². The van der Waals surface area contributed by atoms with E-state index in [9.17, 15) is 0 Å². The van der Waals surface area contributed by atoms with Crippen molar-refractivity contribution in [3.05, 3.63) is 42.2 Å². The van der Waals surface area contributed by atoms with Crippen LogP contribution in [0.2, 0.25) is 0 Å². The Morgan fingerprint density at radius 3 is 3.18 bits per heavy atom. The Balaban J connectivity index is 1.89. The maximum Gasteiger partial charge on any atom is 0.155 e. The van der Waals surface area contributed by atoms with Crippen molar-refractivity contribution in [3.8, 4) is 0 Å². The molecule has 0 saturated carbocycles. The van der Waals surface area contributed by atoms with Crippen molar-refractivity contribution in [2.75, 3.05) is 5.32 Å². The Bertz CT molecular complexity index is 628. The zero-order valence-corrected chi connectivity index (χ0v) is 9.29. The SMILES string of the molecule is Cc1cc2c(NCc3ccno3)nccn2n1. The average molecular weight is 229 g/mol. The summed E-state index contributed by atoms with van der Waals surface area (Å²) in [4.78, 5) is 4.29. The summed E-state index contributed by atoms with van der Waals surface area (Å²) in [6, 6.07) is 3.80. The number of nitrogens with one attached hydrogen (secondary N) is 1. The minimum Gasteiger partial charge on any atom is -0.361 e. The van der Waals surface area contributed by atoms with Crippen LogP contribution >= 0.6 is 0 Å². The molecular formula is C11H11N5O. The molecule has 0 atom stereocenters. The van der Waals surface area contributed by atoms with E-state index in [4.69, 9.17) is 4.52 Å². The summed E-state index contributed by atoms with van der Waals surface area (Å²) in [6.45, 7) is 2.50. The number of hydrogen-bond acceptors (Lipinski definition) is 5. The maximum atomic E-state index is 5.01. The summed E-state index contributed by atoms with van der Waals surface area (Å²) in [5.41, 5.74) is 1.91. The van der Waals surface area contributed by atoms with E-state index in [0.29, 0.717) is 6.54 Å². The molecule has 17 heavy (non-hydrogen) atoms. The first-order chi connectivity index (χ1) is 8.33. The van der Waals surface area contributed by atoms with Gasteiger partial charge in [0.15, 0.2) is 11.6 Å². The van der Waals surface area contributed by atoms with Crippen LogP contribution in [0.4, 0.5) is 5.82 Å². The van der Waals surface area contributed by atoms with Crippen LogP contribution in [-0.2, 0) is 6.54 Å². The van der Waals surface area contributed by atoms with E-state index in [1.807, 2.05) is 25.3 Å². The molecule has 3 rings (SSSR count). The molecule has 0 unspecified atom stereocenters. The normalized spacial score (nSPS) is 10.9. The van der Waals surface area contributed by atoms with Crippen LogP contribution in [0.15, 0.2) is 35.2 Å². The third kappa shape index (κ3) is 1.84. The molecule has 0 amide bonds. The van der Waals surface area contributed by atoms with Gasteiger partial charge in [0.1, 0.15) is 5.52 Å². The average Bonchev–Trinajstić information content (AvgIpc) is 2.93. The van der Waals surface area contributed by atoms with Crippen molar-refractivity contribution in [1.29, 1.82) is 0 Å². The molecule has 6 heteroatoms. The monoisotopic (exact) mass is 229 g/mol. The van der Waals surface area contributed by atoms with E-state index in [1.54, 1.807) is 16.9 Å². The number of nitrogens with zero attached hydrogens (tertiary/aromatic N) is 4. The Hall–Kier alpha value is -2.37. The fraction of sp³-hybridized carbons (Fsp3) is 0.182. The number of fused-ring (bicyclic) bond motifs is 1. The fourth-order valence-electron chi connectivity index (χ4n) is 1.68. The fourth-order valence-corrected chi connectivity index (χ4v) is 1.68. The lowest BCUT2D eigenvalue weighted by molar-refractivity contribution is 0.388. The van der Waals surface area contributed by atoms with Gasteiger partial charge in [-0.1, -0.05) is 5.16 Å². The standard InChI is InChI=1S/C11H11N5O/c1-8-6-10-11(12-4-5-16(10)15-8)13-7-9-2-3-14-17-9/h2-6H,7H2,1H3,(H,12,13). The molecule has 0 aromatic carbocycles. The van der Waals surface area contributed by atoms with Crippen LogP contribution in [0.3, 0.4) is 0 Å². The molecule has 0 aliphatic rings. The van der Waals surface area contributed by atoms with Crippen molar-refractivity contribution < 1.29 is 4.52 Å². The molecule has 3 aromatic rings. The predicted octanol–water partition coefficient (Wildman–Crippen LogP) is 1.64. The Morgan fingerprint density at radius 2 is 2.35 bits per heavy atom. The van der Waals surface area contributed by atoms with Crippen molar-refractivity contribution >= 4 is 11.3 Å². The second kappa shape index (κ2) is 3.89. The summed E-state index contributed by atoms with van der Waals surface area (Å²) in [5.74, 6) is 1.55. The van der Waals surface area contributed by atoms with Gasteiger partial charge in [-0.05, 0) is 13.0 Å². The molecule has 3 aromatic heterocycles. The molecule has 0 aliphatic carbocycles. The van der Waals surface area contributed by atoms with Crippen LogP contribution in [0.25, 0.3) is 5.52 Å². The number of hydrogen-bond donors (Lipinski definition) is 1. The highest BCUT2D eigenvalue weighted by molar-refractivity contribution is 5.67. The minimum atomic E-state index is 0.552. The summed E-state index contributed by atoms with van der Waals surface area (Å²) < 4.78 is 6.81. The van der Waals surface area contributed by atoms with Crippen LogP contribution in [0.1, 0.15) is 11.5 Å². The summed E-state index contributed by atoms with van der Waals surface area (Å²) >= 11 is 0. The molecule has 0 aliphatic heterocycles. The predicted molar refractivity (Wildman–Crippen MR) is 61.6 cm³/mol. The van der Waals surface area contributed by atoms with Crippen LogP contribution in [-0.4, -0.2) is 19.8 Å². The molecule has 0 bridgehead atoms. The highest BCUT2D eigenvalue weighted by atomic mass is 16.5. The van der Waals surface area contributed by atoms with Gasteiger partial charge in [-0.25, -0.2) is 9.50 Å². The molecule has 0 radical (unpaired) electrons. The minimum absolute atomic E-state index is 0.552. The Morgan fingerprint density at radius 1 is 1.41 bits per heavy atom. The van der Waals surface area contributed by atoms with Crippen molar-refractivity contribution in [3.63, 3.8) is 0 Å². The van der Waals surface area contributed by atoms with E-state index < -0.39 is 0 Å². The lowest BCUT2D eigenvalue weighted by atomic mass is 10.4. The number of aromatic nitrogens is 4. The summed E-state index contributed by atoms with van der Waals surface area (Å²) in [5, 5.41) is 11.2. The largest absolute Gasteiger partial charge is 0.361 e. The third-order valence-electron chi connectivity index (χ3n) is 2.43. The highest BCUT2D eigenvalue weighted by Gasteiger charge is 2.05. The third-order valence-corrected chi connectivity index (χ3v) is 2.43. The molecule has 6 nitrogen and oxygen atoms in total.